The zero-order valence-corrected chi connectivity index (χ0v) is 9.19. The van der Waals surface area contributed by atoms with Crippen LogP contribution in [0.3, 0.4) is 0 Å². The maximum Gasteiger partial charge on any atom is 0.144 e. The van der Waals surface area contributed by atoms with Crippen LogP contribution >= 0.6 is 0 Å². The van der Waals surface area contributed by atoms with E-state index in [-0.39, 0.29) is 0 Å². The van der Waals surface area contributed by atoms with Gasteiger partial charge in [0.15, 0.2) is 0 Å². The van der Waals surface area contributed by atoms with Crippen LogP contribution in [0.5, 0.6) is 0 Å². The van der Waals surface area contributed by atoms with E-state index in [2.05, 4.69) is 21.8 Å². The fourth-order valence-electron chi connectivity index (χ4n) is 2.09. The highest BCUT2D eigenvalue weighted by atomic mass is 15.2. The smallest absolute Gasteiger partial charge is 0.144 e. The van der Waals surface area contributed by atoms with E-state index in [9.17, 15) is 0 Å². The maximum absolute atomic E-state index is 5.54. The van der Waals surface area contributed by atoms with E-state index in [4.69, 9.17) is 5.73 Å². The van der Waals surface area contributed by atoms with Crippen LogP contribution in [0.25, 0.3) is 0 Å². The molecule has 0 aliphatic carbocycles. The minimum Gasteiger partial charge on any atom is -0.354 e. The molecule has 1 aromatic heterocycles. The van der Waals surface area contributed by atoms with Crippen LogP contribution in [-0.2, 0) is 6.54 Å². The molecule has 1 fully saturated rings. The van der Waals surface area contributed by atoms with E-state index in [0.717, 1.165) is 18.2 Å². The summed E-state index contributed by atoms with van der Waals surface area (Å²) in [5.41, 5.74) is 5.54. The van der Waals surface area contributed by atoms with E-state index in [1.807, 2.05) is 6.07 Å². The van der Waals surface area contributed by atoms with E-state index < -0.39 is 0 Å². The summed E-state index contributed by atoms with van der Waals surface area (Å²) in [7, 11) is 0. The lowest BCUT2D eigenvalue weighted by Gasteiger charge is -2.34. The fraction of sp³-hybridized carbons (Fsp3) is 0.636. The molecule has 2 N–H and O–H groups in total. The lowest BCUT2D eigenvalue weighted by molar-refractivity contribution is 0.480. The molecule has 2 heterocycles. The average Bonchev–Trinajstić information content (AvgIpc) is 2.30. The summed E-state index contributed by atoms with van der Waals surface area (Å²) in [5.74, 6) is 1.75. The summed E-state index contributed by atoms with van der Waals surface area (Å²) < 4.78 is 0. The number of nitrogens with zero attached hydrogens (tertiary/aromatic N) is 3. The van der Waals surface area contributed by atoms with E-state index >= 15 is 0 Å². The van der Waals surface area contributed by atoms with Gasteiger partial charge in [0.05, 0.1) is 6.54 Å². The Morgan fingerprint density at radius 3 is 3.13 bits per heavy atom. The van der Waals surface area contributed by atoms with Crippen LogP contribution in [0.15, 0.2) is 12.3 Å². The summed E-state index contributed by atoms with van der Waals surface area (Å²) in [4.78, 5) is 10.9. The number of hydrogen-bond donors (Lipinski definition) is 1. The van der Waals surface area contributed by atoms with E-state index in [1.54, 1.807) is 6.20 Å². The molecular formula is C11H18N4. The van der Waals surface area contributed by atoms with Gasteiger partial charge in [-0.25, -0.2) is 9.97 Å². The number of piperidine rings is 1. The third-order valence-electron chi connectivity index (χ3n) is 2.97. The molecule has 0 aromatic carbocycles. The molecule has 0 amide bonds. The molecule has 0 radical (unpaired) electrons. The number of anilines is 1. The van der Waals surface area contributed by atoms with Crippen molar-refractivity contribution < 1.29 is 0 Å². The van der Waals surface area contributed by atoms with E-state index in [1.165, 1.54) is 19.3 Å². The SMILES string of the molecule is CC1CCCCN1c1ccnc(CN)n1. The third-order valence-corrected chi connectivity index (χ3v) is 2.97. The lowest BCUT2D eigenvalue weighted by atomic mass is 10.0. The van der Waals surface area contributed by atoms with Crippen LogP contribution in [0.1, 0.15) is 32.0 Å². The van der Waals surface area contributed by atoms with Gasteiger partial charge in [0.25, 0.3) is 0 Å². The van der Waals surface area contributed by atoms with Crippen molar-refractivity contribution in [3.63, 3.8) is 0 Å². The zero-order chi connectivity index (χ0) is 10.7. The molecule has 0 bridgehead atoms. The Hall–Kier alpha value is -1.16. The second kappa shape index (κ2) is 4.57. The molecule has 1 aliphatic rings. The second-order valence-corrected chi connectivity index (χ2v) is 4.07. The Kier molecular flexibility index (Phi) is 3.16. The third kappa shape index (κ3) is 2.26. The summed E-state index contributed by atoms with van der Waals surface area (Å²) in [6, 6.07) is 2.56. The molecule has 1 aliphatic heterocycles. The monoisotopic (exact) mass is 206 g/mol. The van der Waals surface area contributed by atoms with Crippen molar-refractivity contribution >= 4 is 5.82 Å². The predicted molar refractivity (Wildman–Crippen MR) is 60.6 cm³/mol. The first-order valence-corrected chi connectivity index (χ1v) is 5.60. The predicted octanol–water partition coefficient (Wildman–Crippen LogP) is 1.31. The second-order valence-electron chi connectivity index (χ2n) is 4.07. The van der Waals surface area contributed by atoms with Gasteiger partial charge in [-0.05, 0) is 32.3 Å². The Balaban J connectivity index is 2.19. The molecule has 0 spiro atoms. The number of rotatable bonds is 2. The van der Waals surface area contributed by atoms with Gasteiger partial charge in [0.2, 0.25) is 0 Å². The minimum absolute atomic E-state index is 0.413. The van der Waals surface area contributed by atoms with Gasteiger partial charge in [-0.1, -0.05) is 0 Å². The quantitative estimate of drug-likeness (QED) is 0.792. The van der Waals surface area contributed by atoms with Gasteiger partial charge in [0, 0.05) is 18.8 Å². The van der Waals surface area contributed by atoms with Crippen molar-refractivity contribution in [2.75, 3.05) is 11.4 Å². The normalized spacial score (nSPS) is 21.7. The number of hydrogen-bond acceptors (Lipinski definition) is 4. The van der Waals surface area contributed by atoms with Gasteiger partial charge < -0.3 is 10.6 Å². The summed E-state index contributed by atoms with van der Waals surface area (Å²) >= 11 is 0. The highest BCUT2D eigenvalue weighted by Gasteiger charge is 2.19. The van der Waals surface area contributed by atoms with Gasteiger partial charge in [-0.3, -0.25) is 0 Å². The van der Waals surface area contributed by atoms with Crippen molar-refractivity contribution in [3.8, 4) is 0 Å². The van der Waals surface area contributed by atoms with Crippen molar-refractivity contribution in [2.24, 2.45) is 5.73 Å². The molecule has 0 saturated carbocycles. The van der Waals surface area contributed by atoms with Crippen LogP contribution in [0.2, 0.25) is 0 Å². The largest absolute Gasteiger partial charge is 0.354 e. The van der Waals surface area contributed by atoms with Gasteiger partial charge >= 0.3 is 0 Å². The van der Waals surface area contributed by atoms with Crippen molar-refractivity contribution in [1.82, 2.24) is 9.97 Å². The van der Waals surface area contributed by atoms with Gasteiger partial charge in [-0.15, -0.1) is 0 Å². The summed E-state index contributed by atoms with van der Waals surface area (Å²) in [6.07, 6.45) is 5.63. The Labute approximate surface area is 90.5 Å². The molecule has 4 nitrogen and oxygen atoms in total. The standard InChI is InChI=1S/C11H18N4/c1-9-4-2-3-7-15(9)11-5-6-13-10(8-12)14-11/h5-6,9H,2-4,7-8,12H2,1H3. The van der Waals surface area contributed by atoms with E-state index in [0.29, 0.717) is 12.6 Å². The molecular weight excluding hydrogens is 188 g/mol. The van der Waals surface area contributed by atoms with Crippen LogP contribution in [0, 0.1) is 0 Å². The molecule has 15 heavy (non-hydrogen) atoms. The highest BCUT2D eigenvalue weighted by Crippen LogP contribution is 2.22. The lowest BCUT2D eigenvalue weighted by Crippen LogP contribution is -2.38. The van der Waals surface area contributed by atoms with Crippen molar-refractivity contribution in [2.45, 2.75) is 38.8 Å². The zero-order valence-electron chi connectivity index (χ0n) is 9.19. The molecule has 2 rings (SSSR count). The molecule has 1 unspecified atom stereocenters. The Morgan fingerprint density at radius 1 is 1.53 bits per heavy atom. The molecule has 4 heteroatoms. The molecule has 82 valence electrons. The van der Waals surface area contributed by atoms with Gasteiger partial charge in [0.1, 0.15) is 11.6 Å². The minimum atomic E-state index is 0.413. The van der Waals surface area contributed by atoms with Crippen LogP contribution in [-0.4, -0.2) is 22.6 Å². The molecule has 1 atom stereocenters. The molecule has 1 aromatic rings. The first-order valence-electron chi connectivity index (χ1n) is 5.60. The summed E-state index contributed by atoms with van der Waals surface area (Å²) in [5, 5.41) is 0. The topological polar surface area (TPSA) is 55.0 Å². The Morgan fingerprint density at radius 2 is 2.40 bits per heavy atom. The first kappa shape index (κ1) is 10.4. The van der Waals surface area contributed by atoms with Crippen molar-refractivity contribution in [1.29, 1.82) is 0 Å². The highest BCUT2D eigenvalue weighted by molar-refractivity contribution is 5.39. The van der Waals surface area contributed by atoms with Crippen LogP contribution in [0.4, 0.5) is 5.82 Å². The maximum atomic E-state index is 5.54. The van der Waals surface area contributed by atoms with Crippen molar-refractivity contribution in [3.05, 3.63) is 18.1 Å². The number of nitrogens with two attached hydrogens (primary N) is 1. The van der Waals surface area contributed by atoms with Gasteiger partial charge in [-0.2, -0.15) is 0 Å². The average molecular weight is 206 g/mol. The number of aromatic nitrogens is 2. The molecule has 1 saturated heterocycles. The van der Waals surface area contributed by atoms with Crippen LogP contribution < -0.4 is 10.6 Å². The summed E-state index contributed by atoms with van der Waals surface area (Å²) in [6.45, 7) is 3.77. The Bertz CT molecular complexity index is 326. The fourth-order valence-corrected chi connectivity index (χ4v) is 2.09. The first-order chi connectivity index (χ1) is 7.31.